The van der Waals surface area contributed by atoms with Gasteiger partial charge in [0, 0.05) is 5.56 Å². The van der Waals surface area contributed by atoms with E-state index in [4.69, 9.17) is 4.74 Å². The minimum atomic E-state index is -0.253. The zero-order valence-corrected chi connectivity index (χ0v) is 13.8. The number of nitrogens with zero attached hydrogens (tertiary/aromatic N) is 2. The average Bonchev–Trinajstić information content (AvgIpc) is 2.59. The fourth-order valence-corrected chi connectivity index (χ4v) is 2.40. The average molecular weight is 316 g/mol. The van der Waals surface area contributed by atoms with Crippen LogP contribution in [0, 0.1) is 5.82 Å². The molecule has 0 bridgehead atoms. The normalized spacial score (nSPS) is 10.7. The van der Waals surface area contributed by atoms with Crippen molar-refractivity contribution < 1.29 is 9.13 Å². The smallest absolute Gasteiger partial charge is 0.232 e. The third kappa shape index (κ3) is 6.35. The Bertz CT molecular complexity index is 555. The highest BCUT2D eigenvalue weighted by Gasteiger charge is 2.02. The van der Waals surface area contributed by atoms with E-state index >= 15 is 0 Å². The summed E-state index contributed by atoms with van der Waals surface area (Å²) < 4.78 is 18.5. The van der Waals surface area contributed by atoms with E-state index in [2.05, 4.69) is 16.9 Å². The molecule has 1 aromatic heterocycles. The van der Waals surface area contributed by atoms with E-state index in [1.807, 2.05) is 0 Å². The van der Waals surface area contributed by atoms with E-state index in [1.165, 1.54) is 50.7 Å². The van der Waals surface area contributed by atoms with Crippen LogP contribution in [-0.2, 0) is 0 Å². The molecule has 0 unspecified atom stereocenters. The Kier molecular flexibility index (Phi) is 7.50. The second-order valence-electron chi connectivity index (χ2n) is 5.72. The van der Waals surface area contributed by atoms with Crippen molar-refractivity contribution in [3.05, 3.63) is 42.5 Å². The van der Waals surface area contributed by atoms with E-state index in [-0.39, 0.29) is 5.82 Å². The number of benzene rings is 1. The van der Waals surface area contributed by atoms with Crippen LogP contribution >= 0.6 is 0 Å². The van der Waals surface area contributed by atoms with Gasteiger partial charge in [0.25, 0.3) is 0 Å². The highest BCUT2D eigenvalue weighted by molar-refractivity contribution is 5.57. The third-order valence-corrected chi connectivity index (χ3v) is 3.77. The molecule has 0 radical (unpaired) electrons. The predicted octanol–water partition coefficient (Wildman–Crippen LogP) is 5.41. The molecule has 23 heavy (non-hydrogen) atoms. The molecule has 0 saturated heterocycles. The summed E-state index contributed by atoms with van der Waals surface area (Å²) in [7, 11) is 0. The number of hydrogen-bond acceptors (Lipinski definition) is 3. The third-order valence-electron chi connectivity index (χ3n) is 3.77. The molecule has 0 spiro atoms. The maximum atomic E-state index is 12.9. The molecule has 2 aromatic rings. The Hall–Kier alpha value is -1.97. The molecule has 0 amide bonds. The molecular formula is C19H25FN2O. The van der Waals surface area contributed by atoms with Crippen LogP contribution < -0.4 is 4.74 Å². The Morgan fingerprint density at radius 3 is 2.22 bits per heavy atom. The minimum Gasteiger partial charge on any atom is -0.477 e. The maximum absolute atomic E-state index is 12.9. The first-order chi connectivity index (χ1) is 11.3. The summed E-state index contributed by atoms with van der Waals surface area (Å²) >= 11 is 0. The Morgan fingerprint density at radius 1 is 0.870 bits per heavy atom. The lowest BCUT2D eigenvalue weighted by Crippen LogP contribution is -2.00. The Morgan fingerprint density at radius 2 is 1.57 bits per heavy atom. The molecule has 0 atom stereocenters. The van der Waals surface area contributed by atoms with Gasteiger partial charge in [-0.1, -0.05) is 45.4 Å². The van der Waals surface area contributed by atoms with Crippen molar-refractivity contribution in [2.45, 2.75) is 51.9 Å². The Balaban J connectivity index is 1.68. The zero-order chi connectivity index (χ0) is 16.3. The highest BCUT2D eigenvalue weighted by Crippen LogP contribution is 2.17. The SMILES string of the molecule is CCCCCCCCCOc1cnc(-c2ccc(F)cc2)cn1. The first-order valence-electron chi connectivity index (χ1n) is 8.50. The first-order valence-corrected chi connectivity index (χ1v) is 8.50. The van der Waals surface area contributed by atoms with Gasteiger partial charge in [-0.15, -0.1) is 0 Å². The van der Waals surface area contributed by atoms with Crippen LogP contribution in [0.4, 0.5) is 4.39 Å². The molecule has 0 aliphatic heterocycles. The number of hydrogen-bond donors (Lipinski definition) is 0. The van der Waals surface area contributed by atoms with E-state index in [9.17, 15) is 4.39 Å². The summed E-state index contributed by atoms with van der Waals surface area (Å²) in [6.07, 6.45) is 12.1. The number of halogens is 1. The second-order valence-corrected chi connectivity index (χ2v) is 5.72. The molecule has 0 aliphatic carbocycles. The van der Waals surface area contributed by atoms with Crippen LogP contribution in [0.5, 0.6) is 5.88 Å². The Labute approximate surface area is 137 Å². The van der Waals surface area contributed by atoms with Crippen LogP contribution in [0.3, 0.4) is 0 Å². The van der Waals surface area contributed by atoms with Crippen molar-refractivity contribution in [2.75, 3.05) is 6.61 Å². The minimum absolute atomic E-state index is 0.253. The van der Waals surface area contributed by atoms with Crippen molar-refractivity contribution >= 4 is 0 Å². The maximum Gasteiger partial charge on any atom is 0.232 e. The van der Waals surface area contributed by atoms with Gasteiger partial charge >= 0.3 is 0 Å². The standard InChI is InChI=1S/C19H25FN2O/c1-2-3-4-5-6-7-8-13-23-19-15-21-18(14-22-19)16-9-11-17(20)12-10-16/h9-12,14-15H,2-8,13H2,1H3. The van der Waals surface area contributed by atoms with Gasteiger partial charge in [-0.3, -0.25) is 0 Å². The molecule has 0 saturated carbocycles. The first kappa shape index (κ1) is 17.4. The lowest BCUT2D eigenvalue weighted by molar-refractivity contribution is 0.292. The van der Waals surface area contributed by atoms with E-state index < -0.39 is 0 Å². The van der Waals surface area contributed by atoms with Crippen LogP contribution in [0.2, 0.25) is 0 Å². The van der Waals surface area contributed by atoms with E-state index in [0.29, 0.717) is 18.2 Å². The van der Waals surface area contributed by atoms with Gasteiger partial charge in [0.05, 0.1) is 24.7 Å². The largest absolute Gasteiger partial charge is 0.477 e. The molecule has 0 fully saturated rings. The van der Waals surface area contributed by atoms with Gasteiger partial charge in [0.15, 0.2) is 0 Å². The fourth-order valence-electron chi connectivity index (χ4n) is 2.40. The quantitative estimate of drug-likeness (QED) is 0.550. The lowest BCUT2D eigenvalue weighted by Gasteiger charge is -2.06. The van der Waals surface area contributed by atoms with Crippen molar-refractivity contribution in [1.29, 1.82) is 0 Å². The second kappa shape index (κ2) is 9.93. The predicted molar refractivity (Wildman–Crippen MR) is 90.9 cm³/mol. The summed E-state index contributed by atoms with van der Waals surface area (Å²) in [5.74, 6) is 0.290. The van der Waals surface area contributed by atoms with Crippen molar-refractivity contribution in [2.24, 2.45) is 0 Å². The molecule has 124 valence electrons. The van der Waals surface area contributed by atoms with Gasteiger partial charge in [-0.05, 0) is 30.7 Å². The van der Waals surface area contributed by atoms with E-state index in [1.54, 1.807) is 24.5 Å². The topological polar surface area (TPSA) is 35.0 Å². The molecule has 0 N–H and O–H groups in total. The van der Waals surface area contributed by atoms with Crippen LogP contribution in [-0.4, -0.2) is 16.6 Å². The molecule has 2 rings (SSSR count). The van der Waals surface area contributed by atoms with Crippen LogP contribution in [0.1, 0.15) is 51.9 Å². The highest BCUT2D eigenvalue weighted by atomic mass is 19.1. The number of aromatic nitrogens is 2. The number of unbranched alkanes of at least 4 members (excludes halogenated alkanes) is 6. The molecule has 1 heterocycles. The molecule has 4 heteroatoms. The van der Waals surface area contributed by atoms with Crippen molar-refractivity contribution in [1.82, 2.24) is 9.97 Å². The van der Waals surface area contributed by atoms with Crippen LogP contribution in [0.15, 0.2) is 36.7 Å². The summed E-state index contributed by atoms with van der Waals surface area (Å²) in [6, 6.07) is 6.22. The van der Waals surface area contributed by atoms with Gasteiger partial charge in [0.1, 0.15) is 5.82 Å². The van der Waals surface area contributed by atoms with Crippen LogP contribution in [0.25, 0.3) is 11.3 Å². The summed E-state index contributed by atoms with van der Waals surface area (Å²) in [5, 5.41) is 0. The number of ether oxygens (including phenoxy) is 1. The van der Waals surface area contributed by atoms with Crippen molar-refractivity contribution in [3.8, 4) is 17.1 Å². The molecule has 1 aromatic carbocycles. The van der Waals surface area contributed by atoms with Gasteiger partial charge in [-0.25, -0.2) is 14.4 Å². The molecule has 3 nitrogen and oxygen atoms in total. The molecule has 0 aliphatic rings. The summed E-state index contributed by atoms with van der Waals surface area (Å²) in [6.45, 7) is 2.91. The fraction of sp³-hybridized carbons (Fsp3) is 0.474. The van der Waals surface area contributed by atoms with Gasteiger partial charge in [-0.2, -0.15) is 0 Å². The van der Waals surface area contributed by atoms with Crippen molar-refractivity contribution in [3.63, 3.8) is 0 Å². The van der Waals surface area contributed by atoms with Gasteiger partial charge < -0.3 is 4.74 Å². The van der Waals surface area contributed by atoms with Gasteiger partial charge in [0.2, 0.25) is 5.88 Å². The number of rotatable bonds is 10. The zero-order valence-electron chi connectivity index (χ0n) is 13.8. The summed E-state index contributed by atoms with van der Waals surface area (Å²) in [5.41, 5.74) is 1.56. The monoisotopic (exact) mass is 316 g/mol. The lowest BCUT2D eigenvalue weighted by atomic mass is 10.1. The van der Waals surface area contributed by atoms with E-state index in [0.717, 1.165) is 12.0 Å². The molecular weight excluding hydrogens is 291 g/mol. The summed E-state index contributed by atoms with van der Waals surface area (Å²) in [4.78, 5) is 8.57.